The molecule has 0 radical (unpaired) electrons. The Morgan fingerprint density at radius 2 is 1.84 bits per heavy atom. The second-order valence-electron chi connectivity index (χ2n) is 4.22. The molecule has 3 heteroatoms. The van der Waals surface area contributed by atoms with Crippen LogP contribution < -0.4 is 0 Å². The monoisotopic (exact) mass is 251 g/mol. The van der Waals surface area contributed by atoms with Gasteiger partial charge in [0.15, 0.2) is 5.78 Å². The number of carbonyl (C=O) groups excluding carboxylic acids is 1. The van der Waals surface area contributed by atoms with Crippen molar-refractivity contribution in [3.63, 3.8) is 0 Å². The van der Waals surface area contributed by atoms with E-state index in [4.69, 9.17) is 0 Å². The van der Waals surface area contributed by atoms with Crippen molar-refractivity contribution in [3.8, 4) is 0 Å². The van der Waals surface area contributed by atoms with Crippen molar-refractivity contribution in [1.29, 1.82) is 0 Å². The van der Waals surface area contributed by atoms with Crippen molar-refractivity contribution in [3.05, 3.63) is 77.7 Å². The lowest BCUT2D eigenvalue weighted by molar-refractivity contribution is 0.103. The van der Waals surface area contributed by atoms with Crippen molar-refractivity contribution < 1.29 is 9.18 Å². The SMILES string of the molecule is O=C(c1ccc2ncccc2c1)c1ccccc1F. The van der Waals surface area contributed by atoms with E-state index < -0.39 is 5.82 Å². The van der Waals surface area contributed by atoms with Gasteiger partial charge in [0.2, 0.25) is 0 Å². The third-order valence-electron chi connectivity index (χ3n) is 2.98. The first-order chi connectivity index (χ1) is 9.25. The number of pyridine rings is 1. The molecule has 3 aromatic rings. The summed E-state index contributed by atoms with van der Waals surface area (Å²) in [5.41, 5.74) is 1.36. The Bertz CT molecular complexity index is 767. The van der Waals surface area contributed by atoms with E-state index in [0.29, 0.717) is 5.56 Å². The summed E-state index contributed by atoms with van der Waals surface area (Å²) in [7, 11) is 0. The van der Waals surface area contributed by atoms with Crippen LogP contribution in [-0.2, 0) is 0 Å². The molecule has 0 aliphatic rings. The fraction of sp³-hybridized carbons (Fsp3) is 0. The van der Waals surface area contributed by atoms with Gasteiger partial charge in [-0.05, 0) is 36.4 Å². The largest absolute Gasteiger partial charge is 0.288 e. The summed E-state index contributed by atoms with van der Waals surface area (Å²) in [4.78, 5) is 16.4. The van der Waals surface area contributed by atoms with E-state index in [0.717, 1.165) is 10.9 Å². The number of fused-ring (bicyclic) bond motifs is 1. The van der Waals surface area contributed by atoms with Crippen LogP contribution >= 0.6 is 0 Å². The minimum Gasteiger partial charge on any atom is -0.288 e. The number of rotatable bonds is 2. The highest BCUT2D eigenvalue weighted by Gasteiger charge is 2.13. The van der Waals surface area contributed by atoms with Crippen LogP contribution in [0.3, 0.4) is 0 Å². The zero-order valence-electron chi connectivity index (χ0n) is 10.0. The molecule has 0 spiro atoms. The molecule has 19 heavy (non-hydrogen) atoms. The molecule has 0 bridgehead atoms. The van der Waals surface area contributed by atoms with Gasteiger partial charge in [0, 0.05) is 17.1 Å². The molecule has 0 saturated carbocycles. The summed E-state index contributed by atoms with van der Waals surface area (Å²) in [5.74, 6) is -0.817. The smallest absolute Gasteiger partial charge is 0.195 e. The lowest BCUT2D eigenvalue weighted by Crippen LogP contribution is -2.03. The van der Waals surface area contributed by atoms with Crippen molar-refractivity contribution >= 4 is 16.7 Å². The van der Waals surface area contributed by atoms with Gasteiger partial charge in [0.1, 0.15) is 5.82 Å². The van der Waals surface area contributed by atoms with Gasteiger partial charge in [-0.2, -0.15) is 0 Å². The second kappa shape index (κ2) is 4.61. The van der Waals surface area contributed by atoms with Gasteiger partial charge < -0.3 is 0 Å². The van der Waals surface area contributed by atoms with E-state index in [-0.39, 0.29) is 11.3 Å². The van der Waals surface area contributed by atoms with E-state index in [2.05, 4.69) is 4.98 Å². The van der Waals surface area contributed by atoms with E-state index in [9.17, 15) is 9.18 Å². The first-order valence-electron chi connectivity index (χ1n) is 5.90. The number of hydrogen-bond donors (Lipinski definition) is 0. The molecular weight excluding hydrogens is 241 g/mol. The van der Waals surface area contributed by atoms with Crippen LogP contribution in [-0.4, -0.2) is 10.8 Å². The van der Waals surface area contributed by atoms with E-state index in [1.165, 1.54) is 12.1 Å². The maximum absolute atomic E-state index is 13.6. The Labute approximate surface area is 109 Å². The first kappa shape index (κ1) is 11.5. The Balaban J connectivity index is 2.09. The highest BCUT2D eigenvalue weighted by atomic mass is 19.1. The first-order valence-corrected chi connectivity index (χ1v) is 5.90. The third-order valence-corrected chi connectivity index (χ3v) is 2.98. The number of halogens is 1. The Morgan fingerprint density at radius 3 is 2.68 bits per heavy atom. The van der Waals surface area contributed by atoms with Gasteiger partial charge in [0.25, 0.3) is 0 Å². The lowest BCUT2D eigenvalue weighted by Gasteiger charge is -2.04. The molecule has 0 fully saturated rings. The highest BCUT2D eigenvalue weighted by molar-refractivity contribution is 6.10. The molecule has 0 unspecified atom stereocenters. The number of carbonyl (C=O) groups is 1. The molecular formula is C16H10FNO. The predicted octanol–water partition coefficient (Wildman–Crippen LogP) is 3.60. The van der Waals surface area contributed by atoms with Gasteiger partial charge >= 0.3 is 0 Å². The molecule has 0 aliphatic heterocycles. The molecule has 0 atom stereocenters. The van der Waals surface area contributed by atoms with E-state index in [1.807, 2.05) is 6.07 Å². The maximum Gasteiger partial charge on any atom is 0.195 e. The zero-order chi connectivity index (χ0) is 13.2. The number of aromatic nitrogens is 1. The topological polar surface area (TPSA) is 30.0 Å². The van der Waals surface area contributed by atoms with Crippen molar-refractivity contribution in [2.75, 3.05) is 0 Å². The van der Waals surface area contributed by atoms with Gasteiger partial charge in [-0.15, -0.1) is 0 Å². The molecule has 2 aromatic carbocycles. The Kier molecular flexibility index (Phi) is 2.80. The quantitative estimate of drug-likeness (QED) is 0.651. The molecule has 0 amide bonds. The van der Waals surface area contributed by atoms with Gasteiger partial charge in [-0.1, -0.05) is 18.2 Å². The fourth-order valence-electron chi connectivity index (χ4n) is 2.02. The summed E-state index contributed by atoms with van der Waals surface area (Å²) in [6, 6.07) is 14.8. The van der Waals surface area contributed by atoms with Crippen molar-refractivity contribution in [1.82, 2.24) is 4.98 Å². The average molecular weight is 251 g/mol. The van der Waals surface area contributed by atoms with E-state index in [1.54, 1.807) is 42.6 Å². The van der Waals surface area contributed by atoms with Crippen molar-refractivity contribution in [2.45, 2.75) is 0 Å². The molecule has 0 saturated heterocycles. The molecule has 1 heterocycles. The normalized spacial score (nSPS) is 10.6. The Hall–Kier alpha value is -2.55. The van der Waals surface area contributed by atoms with Gasteiger partial charge in [-0.3, -0.25) is 9.78 Å². The minimum absolute atomic E-state index is 0.0886. The molecule has 1 aromatic heterocycles. The Morgan fingerprint density at radius 1 is 1.00 bits per heavy atom. The molecule has 2 nitrogen and oxygen atoms in total. The number of hydrogen-bond acceptors (Lipinski definition) is 2. The van der Waals surface area contributed by atoms with Crippen LogP contribution in [0.2, 0.25) is 0 Å². The summed E-state index contributed by atoms with van der Waals surface area (Å²) in [5, 5.41) is 0.865. The van der Waals surface area contributed by atoms with Crippen LogP contribution in [0.25, 0.3) is 10.9 Å². The summed E-state index contributed by atoms with van der Waals surface area (Å²) in [6.45, 7) is 0. The van der Waals surface area contributed by atoms with E-state index >= 15 is 0 Å². The van der Waals surface area contributed by atoms with Crippen molar-refractivity contribution in [2.24, 2.45) is 0 Å². The highest BCUT2D eigenvalue weighted by Crippen LogP contribution is 2.18. The molecule has 0 aliphatic carbocycles. The summed E-state index contributed by atoms with van der Waals surface area (Å²) < 4.78 is 13.6. The van der Waals surface area contributed by atoms with Crippen LogP contribution in [0.1, 0.15) is 15.9 Å². The molecule has 92 valence electrons. The van der Waals surface area contributed by atoms with Gasteiger partial charge in [0.05, 0.1) is 11.1 Å². The number of benzene rings is 2. The second-order valence-corrected chi connectivity index (χ2v) is 4.22. The standard InChI is InChI=1S/C16H10FNO/c17-14-6-2-1-5-13(14)16(19)12-7-8-15-11(10-12)4-3-9-18-15/h1-10H. The fourth-order valence-corrected chi connectivity index (χ4v) is 2.02. The number of ketones is 1. The average Bonchev–Trinajstić information content (AvgIpc) is 2.46. The molecule has 0 N–H and O–H groups in total. The minimum atomic E-state index is -0.501. The third kappa shape index (κ3) is 2.10. The molecule has 3 rings (SSSR count). The summed E-state index contributed by atoms with van der Waals surface area (Å²) in [6.07, 6.45) is 1.70. The maximum atomic E-state index is 13.6. The summed E-state index contributed by atoms with van der Waals surface area (Å²) >= 11 is 0. The van der Waals surface area contributed by atoms with Gasteiger partial charge in [-0.25, -0.2) is 4.39 Å². The lowest BCUT2D eigenvalue weighted by atomic mass is 10.0. The van der Waals surface area contributed by atoms with Crippen LogP contribution in [0, 0.1) is 5.82 Å². The van der Waals surface area contributed by atoms with Crippen LogP contribution in [0.15, 0.2) is 60.8 Å². The predicted molar refractivity (Wildman–Crippen MR) is 71.6 cm³/mol. The van der Waals surface area contributed by atoms with Crippen LogP contribution in [0.4, 0.5) is 4.39 Å². The van der Waals surface area contributed by atoms with Crippen LogP contribution in [0.5, 0.6) is 0 Å². The zero-order valence-corrected chi connectivity index (χ0v) is 10.0. The number of nitrogens with zero attached hydrogens (tertiary/aromatic N) is 1.